The van der Waals surface area contributed by atoms with Crippen LogP contribution >= 0.6 is 24.2 Å². The van der Waals surface area contributed by atoms with E-state index < -0.39 is 11.7 Å². The van der Waals surface area contributed by atoms with Gasteiger partial charge in [-0.3, -0.25) is 0 Å². The van der Waals surface area contributed by atoms with Crippen molar-refractivity contribution in [2.24, 2.45) is 0 Å². The van der Waals surface area contributed by atoms with E-state index in [-0.39, 0.29) is 10.3 Å². The minimum Gasteiger partial charge on any atom is -0.176 e. The van der Waals surface area contributed by atoms with Crippen molar-refractivity contribution in [3.8, 4) is 0 Å². The van der Waals surface area contributed by atoms with Crippen LogP contribution in [0.4, 0.5) is 13.2 Å². The molecule has 0 heterocycles. The molecular formula is C10H10ClF3S. The monoisotopic (exact) mass is 254 g/mol. The number of benzene rings is 1. The predicted octanol–water partition coefficient (Wildman–Crippen LogP) is 4.22. The molecule has 0 bridgehead atoms. The van der Waals surface area contributed by atoms with E-state index in [1.54, 1.807) is 0 Å². The largest absolute Gasteiger partial charge is 0.417 e. The fourth-order valence-electron chi connectivity index (χ4n) is 1.26. The maximum Gasteiger partial charge on any atom is 0.417 e. The van der Waals surface area contributed by atoms with Gasteiger partial charge in [0.2, 0.25) is 0 Å². The molecule has 1 rings (SSSR count). The van der Waals surface area contributed by atoms with E-state index >= 15 is 0 Å². The molecule has 0 spiro atoms. The van der Waals surface area contributed by atoms with Crippen LogP contribution < -0.4 is 0 Å². The zero-order valence-corrected chi connectivity index (χ0v) is 9.63. The molecule has 0 fully saturated rings. The predicted molar refractivity (Wildman–Crippen MR) is 58.6 cm³/mol. The highest BCUT2D eigenvalue weighted by Gasteiger charge is 2.32. The Hall–Kier alpha value is -0.350. The van der Waals surface area contributed by atoms with Gasteiger partial charge in [0.15, 0.2) is 0 Å². The lowest BCUT2D eigenvalue weighted by molar-refractivity contribution is -0.137. The molecule has 15 heavy (non-hydrogen) atoms. The Bertz CT molecular complexity index is 347. The summed E-state index contributed by atoms with van der Waals surface area (Å²) >= 11 is 9.71. The molecule has 1 aromatic rings. The molecule has 1 atom stereocenters. The molecule has 0 amide bonds. The van der Waals surface area contributed by atoms with Crippen LogP contribution in [0.1, 0.15) is 18.1 Å². The van der Waals surface area contributed by atoms with Crippen LogP contribution in [0, 0.1) is 0 Å². The Morgan fingerprint density at radius 1 is 1.40 bits per heavy atom. The zero-order chi connectivity index (χ0) is 11.6. The van der Waals surface area contributed by atoms with E-state index in [1.807, 2.05) is 6.92 Å². The summed E-state index contributed by atoms with van der Waals surface area (Å²) in [6, 6.07) is 3.78. The van der Waals surface area contributed by atoms with Gasteiger partial charge in [0.05, 0.1) is 10.6 Å². The summed E-state index contributed by atoms with van der Waals surface area (Å²) in [4.78, 5) is 0. The second-order valence-electron chi connectivity index (χ2n) is 3.37. The second kappa shape index (κ2) is 4.66. The quantitative estimate of drug-likeness (QED) is 0.751. The Morgan fingerprint density at radius 2 is 2.00 bits per heavy atom. The third-order valence-electron chi connectivity index (χ3n) is 1.87. The number of rotatable bonds is 2. The zero-order valence-electron chi connectivity index (χ0n) is 7.98. The average molecular weight is 255 g/mol. The van der Waals surface area contributed by atoms with Crippen LogP contribution in [-0.4, -0.2) is 5.25 Å². The third-order valence-corrected chi connectivity index (χ3v) is 2.37. The first-order chi connectivity index (χ1) is 6.80. The lowest BCUT2D eigenvalue weighted by atomic mass is 10.1. The van der Waals surface area contributed by atoms with Crippen molar-refractivity contribution in [1.29, 1.82) is 0 Å². The van der Waals surface area contributed by atoms with Gasteiger partial charge in [-0.15, -0.1) is 0 Å². The first kappa shape index (κ1) is 12.7. The standard InChI is InChI=1S/C10H10ClF3S/c1-6(15)4-7-2-3-8(9(11)5-7)10(12,13)14/h2-3,5-6,15H,4H2,1H3. The first-order valence-corrected chi connectivity index (χ1v) is 5.24. The van der Waals surface area contributed by atoms with Gasteiger partial charge in [0, 0.05) is 5.25 Å². The summed E-state index contributed by atoms with van der Waals surface area (Å²) in [6.07, 6.45) is -3.79. The molecule has 0 nitrogen and oxygen atoms in total. The Morgan fingerprint density at radius 3 is 2.40 bits per heavy atom. The molecule has 0 aromatic heterocycles. The second-order valence-corrected chi connectivity index (χ2v) is 4.65. The summed E-state index contributed by atoms with van der Waals surface area (Å²) in [7, 11) is 0. The van der Waals surface area contributed by atoms with E-state index in [0.717, 1.165) is 11.6 Å². The van der Waals surface area contributed by atoms with Crippen LogP contribution in [0.5, 0.6) is 0 Å². The van der Waals surface area contributed by atoms with Crippen molar-refractivity contribution in [1.82, 2.24) is 0 Å². The fourth-order valence-corrected chi connectivity index (χ4v) is 1.78. The van der Waals surface area contributed by atoms with Crippen LogP contribution in [0.15, 0.2) is 18.2 Å². The van der Waals surface area contributed by atoms with Crippen LogP contribution in [-0.2, 0) is 12.6 Å². The number of alkyl halides is 3. The summed E-state index contributed by atoms with van der Waals surface area (Å²) in [5.74, 6) is 0. The molecule has 5 heteroatoms. The normalized spacial score (nSPS) is 14.0. The van der Waals surface area contributed by atoms with Crippen LogP contribution in [0.3, 0.4) is 0 Å². The van der Waals surface area contributed by atoms with Crippen molar-refractivity contribution in [2.45, 2.75) is 24.8 Å². The van der Waals surface area contributed by atoms with Gasteiger partial charge in [-0.1, -0.05) is 24.6 Å². The average Bonchev–Trinajstić information content (AvgIpc) is 1.99. The maximum atomic E-state index is 12.3. The van der Waals surface area contributed by atoms with Crippen molar-refractivity contribution >= 4 is 24.2 Å². The lowest BCUT2D eigenvalue weighted by Crippen LogP contribution is -2.06. The van der Waals surface area contributed by atoms with Crippen LogP contribution in [0.2, 0.25) is 5.02 Å². The smallest absolute Gasteiger partial charge is 0.176 e. The van der Waals surface area contributed by atoms with Gasteiger partial charge in [-0.25, -0.2) is 0 Å². The minimum absolute atomic E-state index is 0.0952. The SMILES string of the molecule is CC(S)Cc1ccc(C(F)(F)F)c(Cl)c1. The summed E-state index contributed by atoms with van der Waals surface area (Å²) in [5, 5.41) is -0.160. The van der Waals surface area contributed by atoms with Gasteiger partial charge in [-0.2, -0.15) is 25.8 Å². The fraction of sp³-hybridized carbons (Fsp3) is 0.400. The molecule has 0 aliphatic heterocycles. The van der Waals surface area contributed by atoms with Gasteiger partial charge >= 0.3 is 6.18 Å². The highest BCUT2D eigenvalue weighted by molar-refractivity contribution is 7.80. The Balaban J connectivity index is 2.99. The Kier molecular flexibility index (Phi) is 3.95. The number of hydrogen-bond donors (Lipinski definition) is 1. The van der Waals surface area contributed by atoms with Crippen molar-refractivity contribution in [3.63, 3.8) is 0 Å². The number of hydrogen-bond acceptors (Lipinski definition) is 1. The van der Waals surface area contributed by atoms with Crippen molar-refractivity contribution < 1.29 is 13.2 Å². The molecule has 0 saturated heterocycles. The van der Waals surface area contributed by atoms with E-state index in [4.69, 9.17) is 11.6 Å². The molecule has 1 aromatic carbocycles. The van der Waals surface area contributed by atoms with Crippen LogP contribution in [0.25, 0.3) is 0 Å². The van der Waals surface area contributed by atoms with E-state index in [1.165, 1.54) is 12.1 Å². The van der Waals surface area contributed by atoms with Crippen molar-refractivity contribution in [3.05, 3.63) is 34.3 Å². The molecule has 0 N–H and O–H groups in total. The molecule has 0 radical (unpaired) electrons. The summed E-state index contributed by atoms with van der Waals surface area (Å²) in [6.45, 7) is 1.87. The van der Waals surface area contributed by atoms with Gasteiger partial charge in [-0.05, 0) is 24.1 Å². The maximum absolute atomic E-state index is 12.3. The molecule has 1 unspecified atom stereocenters. The highest BCUT2D eigenvalue weighted by atomic mass is 35.5. The minimum atomic E-state index is -4.39. The third kappa shape index (κ3) is 3.61. The topological polar surface area (TPSA) is 0 Å². The summed E-state index contributed by atoms with van der Waals surface area (Å²) in [5.41, 5.74) is -0.0322. The van der Waals surface area contributed by atoms with Gasteiger partial charge in [0.1, 0.15) is 0 Å². The van der Waals surface area contributed by atoms with Gasteiger partial charge < -0.3 is 0 Å². The van der Waals surface area contributed by atoms with E-state index in [2.05, 4.69) is 12.6 Å². The molecule has 0 aliphatic rings. The number of thiol groups is 1. The van der Waals surface area contributed by atoms with E-state index in [9.17, 15) is 13.2 Å². The molecule has 0 aliphatic carbocycles. The molecular weight excluding hydrogens is 245 g/mol. The number of halogens is 4. The molecule has 84 valence electrons. The highest BCUT2D eigenvalue weighted by Crippen LogP contribution is 2.35. The Labute approximate surface area is 96.8 Å². The van der Waals surface area contributed by atoms with Crippen molar-refractivity contribution in [2.75, 3.05) is 0 Å². The summed E-state index contributed by atoms with van der Waals surface area (Å²) < 4.78 is 37.0. The lowest BCUT2D eigenvalue weighted by Gasteiger charge is -2.11. The van der Waals surface area contributed by atoms with Gasteiger partial charge in [0.25, 0.3) is 0 Å². The van der Waals surface area contributed by atoms with E-state index in [0.29, 0.717) is 6.42 Å². The first-order valence-electron chi connectivity index (χ1n) is 4.34. The molecule has 0 saturated carbocycles.